The summed E-state index contributed by atoms with van der Waals surface area (Å²) >= 11 is 0. The fraction of sp³-hybridized carbons (Fsp3) is 0.188. The Morgan fingerprint density at radius 2 is 2.17 bits per heavy atom. The van der Waals surface area contributed by atoms with Crippen molar-refractivity contribution < 1.29 is 14.7 Å². The number of carbonyl (C=O) groups is 1. The first-order valence-electron chi connectivity index (χ1n) is 7.28. The lowest BCUT2D eigenvalue weighted by Gasteiger charge is -2.05. The number of carbonyl (C=O) groups excluding carboxylic acids is 1. The SMILES string of the molecule is Cc1cc(O)n2ncc(C(=O)NCc3cccc([N+](C)=O)c3)c2n1. The molecule has 1 aromatic carbocycles. The van der Waals surface area contributed by atoms with E-state index in [0.717, 1.165) is 10.3 Å². The standard InChI is InChI=1S/C16H15N5O3/c1-10-6-14(22)21-15(19-10)13(9-18-21)16(23)17-8-11-4-3-5-12(7-11)20(2)24/h3-7,9H,8H2,1-2H3,(H-,17,18,19,22,23)/p+1. The minimum atomic E-state index is -0.358. The van der Waals surface area contributed by atoms with Crippen molar-refractivity contribution in [1.29, 1.82) is 0 Å². The Morgan fingerprint density at radius 3 is 2.92 bits per heavy atom. The molecule has 0 saturated carbocycles. The molecule has 3 aromatic rings. The molecule has 0 bridgehead atoms. The van der Waals surface area contributed by atoms with Gasteiger partial charge in [-0.05, 0) is 12.5 Å². The molecule has 0 radical (unpaired) electrons. The number of aromatic nitrogens is 3. The van der Waals surface area contributed by atoms with Gasteiger partial charge in [-0.1, -0.05) is 12.1 Å². The number of hydrogen-bond donors (Lipinski definition) is 2. The van der Waals surface area contributed by atoms with Gasteiger partial charge in [-0.2, -0.15) is 9.61 Å². The Bertz CT molecular complexity index is 948. The van der Waals surface area contributed by atoms with Gasteiger partial charge in [0.25, 0.3) is 11.6 Å². The molecule has 3 rings (SSSR count). The van der Waals surface area contributed by atoms with Gasteiger partial charge in [0.15, 0.2) is 12.7 Å². The molecule has 1 amide bonds. The van der Waals surface area contributed by atoms with E-state index in [2.05, 4.69) is 15.4 Å². The minimum Gasteiger partial charge on any atom is -0.493 e. The molecule has 122 valence electrons. The number of benzene rings is 1. The highest BCUT2D eigenvalue weighted by Gasteiger charge is 2.16. The van der Waals surface area contributed by atoms with E-state index in [-0.39, 0.29) is 29.5 Å². The maximum absolute atomic E-state index is 12.4. The molecule has 0 spiro atoms. The second-order valence-corrected chi connectivity index (χ2v) is 5.40. The molecule has 8 heteroatoms. The summed E-state index contributed by atoms with van der Waals surface area (Å²) in [6, 6.07) is 8.43. The molecule has 0 saturated heterocycles. The van der Waals surface area contributed by atoms with Crippen LogP contribution in [-0.4, -0.2) is 37.4 Å². The van der Waals surface area contributed by atoms with Crippen LogP contribution in [0.3, 0.4) is 0 Å². The average molecular weight is 326 g/mol. The van der Waals surface area contributed by atoms with E-state index >= 15 is 0 Å². The van der Waals surface area contributed by atoms with Gasteiger partial charge in [0, 0.05) is 40.1 Å². The van der Waals surface area contributed by atoms with Gasteiger partial charge in [0.1, 0.15) is 5.56 Å². The molecule has 0 aliphatic heterocycles. The fourth-order valence-corrected chi connectivity index (χ4v) is 2.36. The third-order valence-corrected chi connectivity index (χ3v) is 3.55. The Hall–Kier alpha value is -3.29. The molecular weight excluding hydrogens is 310 g/mol. The van der Waals surface area contributed by atoms with Gasteiger partial charge in [-0.3, -0.25) is 4.79 Å². The number of hydrogen-bond acceptors (Lipinski definition) is 5. The van der Waals surface area contributed by atoms with E-state index in [1.165, 1.54) is 23.8 Å². The highest BCUT2D eigenvalue weighted by atomic mass is 16.3. The van der Waals surface area contributed by atoms with Crippen molar-refractivity contribution in [3.8, 4) is 5.88 Å². The average Bonchev–Trinajstić information content (AvgIpc) is 2.97. The van der Waals surface area contributed by atoms with Crippen LogP contribution in [0.2, 0.25) is 0 Å². The lowest BCUT2D eigenvalue weighted by Crippen LogP contribution is -2.22. The van der Waals surface area contributed by atoms with Gasteiger partial charge >= 0.3 is 0 Å². The second-order valence-electron chi connectivity index (χ2n) is 5.40. The van der Waals surface area contributed by atoms with Crippen molar-refractivity contribution in [3.05, 3.63) is 58.3 Å². The predicted octanol–water partition coefficient (Wildman–Crippen LogP) is 1.71. The monoisotopic (exact) mass is 326 g/mol. The van der Waals surface area contributed by atoms with Crippen molar-refractivity contribution in [2.24, 2.45) is 0 Å². The maximum Gasteiger partial charge on any atom is 0.257 e. The molecule has 2 aromatic heterocycles. The van der Waals surface area contributed by atoms with E-state index < -0.39 is 0 Å². The zero-order valence-electron chi connectivity index (χ0n) is 13.2. The van der Waals surface area contributed by atoms with Crippen LogP contribution in [0.1, 0.15) is 21.6 Å². The number of nitrogens with zero attached hydrogens (tertiary/aromatic N) is 4. The second kappa shape index (κ2) is 6.07. The van der Waals surface area contributed by atoms with Crippen LogP contribution in [0.4, 0.5) is 5.69 Å². The van der Waals surface area contributed by atoms with Gasteiger partial charge in [-0.15, -0.1) is 0 Å². The van der Waals surface area contributed by atoms with E-state index in [9.17, 15) is 14.8 Å². The maximum atomic E-state index is 12.4. The number of aromatic hydroxyl groups is 1. The Morgan fingerprint density at radius 1 is 1.38 bits per heavy atom. The third-order valence-electron chi connectivity index (χ3n) is 3.55. The summed E-state index contributed by atoms with van der Waals surface area (Å²) in [5, 5.41) is 16.6. The first-order valence-corrected chi connectivity index (χ1v) is 7.28. The van der Waals surface area contributed by atoms with E-state index in [1.54, 1.807) is 25.1 Å². The summed E-state index contributed by atoms with van der Waals surface area (Å²) < 4.78 is 1.96. The van der Waals surface area contributed by atoms with Gasteiger partial charge < -0.3 is 10.4 Å². The summed E-state index contributed by atoms with van der Waals surface area (Å²) in [5.41, 5.74) is 2.46. The van der Waals surface area contributed by atoms with E-state index in [0.29, 0.717) is 11.4 Å². The Balaban J connectivity index is 1.81. The lowest BCUT2D eigenvalue weighted by atomic mass is 10.2. The molecule has 0 fully saturated rings. The number of aryl methyl sites for hydroxylation is 1. The van der Waals surface area contributed by atoms with Gasteiger partial charge in [-0.25, -0.2) is 4.98 Å². The molecule has 0 aliphatic rings. The Labute approximate surface area is 137 Å². The Kier molecular flexibility index (Phi) is 3.95. The molecule has 2 N–H and O–H groups in total. The van der Waals surface area contributed by atoms with Gasteiger partial charge in [0.05, 0.1) is 6.20 Å². The molecule has 0 aliphatic carbocycles. The van der Waals surface area contributed by atoms with Crippen LogP contribution in [0.25, 0.3) is 5.65 Å². The quantitative estimate of drug-likeness (QED) is 0.711. The molecule has 0 unspecified atom stereocenters. The zero-order valence-corrected chi connectivity index (χ0v) is 13.2. The first kappa shape index (κ1) is 15.6. The topological polar surface area (TPSA) is 99.6 Å². The van der Waals surface area contributed by atoms with Crippen molar-refractivity contribution in [2.75, 3.05) is 7.05 Å². The summed E-state index contributed by atoms with van der Waals surface area (Å²) in [5.74, 6) is -0.439. The van der Waals surface area contributed by atoms with E-state index in [4.69, 9.17) is 0 Å². The minimum absolute atomic E-state index is 0.0808. The fourth-order valence-electron chi connectivity index (χ4n) is 2.36. The van der Waals surface area contributed by atoms with Crippen molar-refractivity contribution in [3.63, 3.8) is 0 Å². The first-order chi connectivity index (χ1) is 11.5. The van der Waals surface area contributed by atoms with Crippen molar-refractivity contribution in [2.45, 2.75) is 13.5 Å². The van der Waals surface area contributed by atoms with Crippen LogP contribution in [0.15, 0.2) is 36.5 Å². The van der Waals surface area contributed by atoms with Crippen LogP contribution in [0.5, 0.6) is 5.88 Å². The summed E-state index contributed by atoms with van der Waals surface area (Å²) in [6.45, 7) is 1.98. The van der Waals surface area contributed by atoms with Crippen LogP contribution in [-0.2, 0) is 6.54 Å². The lowest BCUT2D eigenvalue weighted by molar-refractivity contribution is -0.428. The van der Waals surface area contributed by atoms with Crippen LogP contribution >= 0.6 is 0 Å². The molecule has 2 heterocycles. The predicted molar refractivity (Wildman–Crippen MR) is 86.2 cm³/mol. The molecule has 0 atom stereocenters. The molecular formula is C16H16N5O3+. The summed E-state index contributed by atoms with van der Waals surface area (Å²) in [7, 11) is 1.41. The van der Waals surface area contributed by atoms with Gasteiger partial charge in [0.2, 0.25) is 5.88 Å². The molecule has 8 nitrogen and oxygen atoms in total. The van der Waals surface area contributed by atoms with Crippen molar-refractivity contribution in [1.82, 2.24) is 19.9 Å². The smallest absolute Gasteiger partial charge is 0.257 e. The summed E-state index contributed by atoms with van der Waals surface area (Å²) in [6.07, 6.45) is 1.36. The van der Waals surface area contributed by atoms with Crippen molar-refractivity contribution >= 4 is 17.2 Å². The summed E-state index contributed by atoms with van der Waals surface area (Å²) in [4.78, 5) is 27.9. The number of nitroso groups, excluding NO2 is 1. The third kappa shape index (κ3) is 2.94. The zero-order chi connectivity index (χ0) is 17.3. The number of rotatable bonds is 4. The van der Waals surface area contributed by atoms with Crippen LogP contribution in [0, 0.1) is 11.8 Å². The normalized spacial score (nSPS) is 10.8. The molecule has 24 heavy (non-hydrogen) atoms. The largest absolute Gasteiger partial charge is 0.493 e. The highest BCUT2D eigenvalue weighted by molar-refractivity contribution is 5.99. The van der Waals surface area contributed by atoms with Crippen LogP contribution < -0.4 is 5.32 Å². The number of fused-ring (bicyclic) bond motifs is 1. The number of nitrogens with one attached hydrogen (secondary N) is 1. The van der Waals surface area contributed by atoms with E-state index in [1.807, 2.05) is 6.07 Å². The highest BCUT2D eigenvalue weighted by Crippen LogP contribution is 2.17. The number of amides is 1.